The highest BCUT2D eigenvalue weighted by atomic mass is 16.5. The summed E-state index contributed by atoms with van der Waals surface area (Å²) >= 11 is 0. The number of hydrogen-bond acceptors (Lipinski definition) is 2. The van der Waals surface area contributed by atoms with Crippen molar-refractivity contribution in [3.05, 3.63) is 12.2 Å². The molecule has 0 amide bonds. The van der Waals surface area contributed by atoms with Crippen molar-refractivity contribution in [3.8, 4) is 0 Å². The molecule has 0 spiro atoms. The van der Waals surface area contributed by atoms with Crippen LogP contribution in [0.1, 0.15) is 53.4 Å². The molecule has 0 bridgehead atoms. The molecule has 2 nitrogen and oxygen atoms in total. The van der Waals surface area contributed by atoms with Crippen molar-refractivity contribution in [2.45, 2.75) is 65.0 Å². The standard InChI is InChI=1S/C14H29NO/c1-7-11-15-13(10-9-12(3)4)14(5,8-2)16-6/h13,15H,3,7-11H2,1-2,4-6H3. The molecule has 16 heavy (non-hydrogen) atoms. The number of nitrogens with one attached hydrogen (secondary N) is 1. The third kappa shape index (κ3) is 5.13. The van der Waals surface area contributed by atoms with Crippen molar-refractivity contribution >= 4 is 0 Å². The van der Waals surface area contributed by atoms with Gasteiger partial charge in [0.25, 0.3) is 0 Å². The molecule has 2 heteroatoms. The summed E-state index contributed by atoms with van der Waals surface area (Å²) in [5.74, 6) is 0. The van der Waals surface area contributed by atoms with E-state index in [1.54, 1.807) is 0 Å². The predicted octanol–water partition coefficient (Wildman–Crippen LogP) is 3.53. The number of ether oxygens (including phenoxy) is 1. The summed E-state index contributed by atoms with van der Waals surface area (Å²) in [5, 5.41) is 3.60. The third-order valence-electron chi connectivity index (χ3n) is 3.41. The topological polar surface area (TPSA) is 21.3 Å². The number of hydrogen-bond donors (Lipinski definition) is 1. The zero-order valence-electron chi connectivity index (χ0n) is 11.7. The first kappa shape index (κ1) is 15.7. The summed E-state index contributed by atoms with van der Waals surface area (Å²) in [4.78, 5) is 0. The maximum Gasteiger partial charge on any atom is 0.0800 e. The average Bonchev–Trinajstić information content (AvgIpc) is 2.28. The molecule has 0 aromatic rings. The first-order valence-corrected chi connectivity index (χ1v) is 6.43. The Morgan fingerprint density at radius 3 is 2.44 bits per heavy atom. The van der Waals surface area contributed by atoms with Gasteiger partial charge in [0.1, 0.15) is 0 Å². The Hall–Kier alpha value is -0.340. The number of rotatable bonds is 9. The molecule has 0 aromatic carbocycles. The van der Waals surface area contributed by atoms with Gasteiger partial charge in [-0.15, -0.1) is 6.58 Å². The molecule has 2 unspecified atom stereocenters. The number of methoxy groups -OCH3 is 1. The van der Waals surface area contributed by atoms with E-state index in [0.717, 1.165) is 32.2 Å². The largest absolute Gasteiger partial charge is 0.377 e. The van der Waals surface area contributed by atoms with E-state index in [1.165, 1.54) is 5.57 Å². The van der Waals surface area contributed by atoms with Gasteiger partial charge in [0.05, 0.1) is 5.60 Å². The highest BCUT2D eigenvalue weighted by molar-refractivity contribution is 4.94. The SMILES string of the molecule is C=C(C)CCC(NCCC)C(C)(CC)OC. The molecule has 96 valence electrons. The fourth-order valence-corrected chi connectivity index (χ4v) is 1.87. The lowest BCUT2D eigenvalue weighted by molar-refractivity contribution is -0.0309. The highest BCUT2D eigenvalue weighted by Crippen LogP contribution is 2.23. The maximum absolute atomic E-state index is 5.69. The van der Waals surface area contributed by atoms with E-state index >= 15 is 0 Å². The molecule has 0 fully saturated rings. The molecule has 2 atom stereocenters. The van der Waals surface area contributed by atoms with E-state index in [4.69, 9.17) is 4.74 Å². The summed E-state index contributed by atoms with van der Waals surface area (Å²) in [7, 11) is 1.81. The Morgan fingerprint density at radius 1 is 1.44 bits per heavy atom. The minimum atomic E-state index is -0.0649. The Bertz CT molecular complexity index is 197. The van der Waals surface area contributed by atoms with Gasteiger partial charge in [0.15, 0.2) is 0 Å². The van der Waals surface area contributed by atoms with Crippen molar-refractivity contribution in [1.82, 2.24) is 5.32 Å². The second-order valence-corrected chi connectivity index (χ2v) is 4.87. The predicted molar refractivity (Wildman–Crippen MR) is 71.8 cm³/mol. The highest BCUT2D eigenvalue weighted by Gasteiger charge is 2.31. The van der Waals surface area contributed by atoms with Crippen LogP contribution < -0.4 is 5.32 Å². The Labute approximate surface area is 101 Å². The van der Waals surface area contributed by atoms with Gasteiger partial charge in [-0.1, -0.05) is 19.4 Å². The van der Waals surface area contributed by atoms with Crippen molar-refractivity contribution < 1.29 is 4.74 Å². The third-order valence-corrected chi connectivity index (χ3v) is 3.41. The second kappa shape index (κ2) is 7.86. The van der Waals surface area contributed by atoms with Crippen molar-refractivity contribution in [1.29, 1.82) is 0 Å². The molecule has 0 aliphatic carbocycles. The monoisotopic (exact) mass is 227 g/mol. The van der Waals surface area contributed by atoms with Gasteiger partial charge in [-0.2, -0.15) is 0 Å². The lowest BCUT2D eigenvalue weighted by Gasteiger charge is -2.36. The molecular weight excluding hydrogens is 198 g/mol. The molecular formula is C14H29NO. The molecule has 0 rings (SSSR count). The molecule has 1 N–H and O–H groups in total. The zero-order chi connectivity index (χ0) is 12.6. The summed E-state index contributed by atoms with van der Waals surface area (Å²) < 4.78 is 5.69. The van der Waals surface area contributed by atoms with Crippen LogP contribution in [-0.2, 0) is 4.74 Å². The van der Waals surface area contributed by atoms with Crippen LogP contribution >= 0.6 is 0 Å². The van der Waals surface area contributed by atoms with Crippen molar-refractivity contribution in [2.75, 3.05) is 13.7 Å². The Balaban J connectivity index is 4.43. The minimum Gasteiger partial charge on any atom is -0.377 e. The summed E-state index contributed by atoms with van der Waals surface area (Å²) in [6, 6.07) is 0.416. The van der Waals surface area contributed by atoms with Gasteiger partial charge >= 0.3 is 0 Å². The van der Waals surface area contributed by atoms with E-state index in [-0.39, 0.29) is 5.60 Å². The van der Waals surface area contributed by atoms with Crippen LogP contribution in [0.4, 0.5) is 0 Å². The fourth-order valence-electron chi connectivity index (χ4n) is 1.87. The van der Waals surface area contributed by atoms with E-state index in [9.17, 15) is 0 Å². The lowest BCUT2D eigenvalue weighted by Crippen LogP contribution is -2.50. The first-order chi connectivity index (χ1) is 7.50. The van der Waals surface area contributed by atoms with E-state index in [1.807, 2.05) is 7.11 Å². The molecule has 0 aliphatic rings. The number of allylic oxidation sites excluding steroid dienone is 1. The smallest absolute Gasteiger partial charge is 0.0800 e. The van der Waals surface area contributed by atoms with Gasteiger partial charge < -0.3 is 10.1 Å². The molecule has 0 saturated heterocycles. The van der Waals surface area contributed by atoms with Gasteiger partial charge in [-0.3, -0.25) is 0 Å². The second-order valence-electron chi connectivity index (χ2n) is 4.87. The normalized spacial score (nSPS) is 16.8. The van der Waals surface area contributed by atoms with Crippen LogP contribution in [0, 0.1) is 0 Å². The van der Waals surface area contributed by atoms with E-state index < -0.39 is 0 Å². The summed E-state index contributed by atoms with van der Waals surface area (Å²) in [6.07, 6.45) is 4.36. The van der Waals surface area contributed by atoms with Crippen LogP contribution in [0.25, 0.3) is 0 Å². The van der Waals surface area contributed by atoms with Crippen molar-refractivity contribution in [2.24, 2.45) is 0 Å². The first-order valence-electron chi connectivity index (χ1n) is 6.43. The van der Waals surface area contributed by atoms with Crippen LogP contribution in [0.2, 0.25) is 0 Å². The Kier molecular flexibility index (Phi) is 7.69. The molecule has 0 radical (unpaired) electrons. The average molecular weight is 227 g/mol. The lowest BCUT2D eigenvalue weighted by atomic mass is 9.88. The molecule has 0 heterocycles. The van der Waals surface area contributed by atoms with Gasteiger partial charge in [0, 0.05) is 13.2 Å². The minimum absolute atomic E-state index is 0.0649. The van der Waals surface area contributed by atoms with Crippen LogP contribution in [0.15, 0.2) is 12.2 Å². The molecule has 0 aromatic heterocycles. The summed E-state index contributed by atoms with van der Waals surface area (Å²) in [5.41, 5.74) is 1.18. The van der Waals surface area contributed by atoms with E-state index in [2.05, 4.69) is 39.6 Å². The molecule has 0 saturated carbocycles. The quantitative estimate of drug-likeness (QED) is 0.608. The van der Waals surface area contributed by atoms with E-state index in [0.29, 0.717) is 6.04 Å². The Morgan fingerprint density at radius 2 is 2.06 bits per heavy atom. The van der Waals surface area contributed by atoms with Gasteiger partial charge in [-0.25, -0.2) is 0 Å². The maximum atomic E-state index is 5.69. The fraction of sp³-hybridized carbons (Fsp3) is 0.857. The van der Waals surface area contributed by atoms with Crippen LogP contribution in [0.3, 0.4) is 0 Å². The van der Waals surface area contributed by atoms with Crippen LogP contribution in [-0.4, -0.2) is 25.3 Å². The summed E-state index contributed by atoms with van der Waals surface area (Å²) in [6.45, 7) is 13.7. The van der Waals surface area contributed by atoms with Gasteiger partial charge in [-0.05, 0) is 46.1 Å². The van der Waals surface area contributed by atoms with Gasteiger partial charge in [0.2, 0.25) is 0 Å². The molecule has 0 aliphatic heterocycles. The zero-order valence-corrected chi connectivity index (χ0v) is 11.7. The van der Waals surface area contributed by atoms with Crippen LogP contribution in [0.5, 0.6) is 0 Å². The van der Waals surface area contributed by atoms with Crippen molar-refractivity contribution in [3.63, 3.8) is 0 Å².